The summed E-state index contributed by atoms with van der Waals surface area (Å²) in [4.78, 5) is 66.2. The Morgan fingerprint density at radius 1 is 0.679 bits per heavy atom. The van der Waals surface area contributed by atoms with Crippen molar-refractivity contribution in [3.8, 4) is 0 Å². The van der Waals surface area contributed by atoms with Gasteiger partial charge in [0.15, 0.2) is 5.41 Å². The van der Waals surface area contributed by atoms with E-state index in [-0.39, 0.29) is 34.4 Å². The Morgan fingerprint density at radius 3 is 1.25 bits per heavy atom. The van der Waals surface area contributed by atoms with E-state index < -0.39 is 39.9 Å². The van der Waals surface area contributed by atoms with Crippen LogP contribution in [-0.4, -0.2) is 22.2 Å². The number of furan rings is 2. The van der Waals surface area contributed by atoms with E-state index >= 15 is 0 Å². The third kappa shape index (κ3) is 3.02. The van der Waals surface area contributed by atoms with Crippen LogP contribution in [0.15, 0.2) is 40.1 Å². The van der Waals surface area contributed by atoms with Crippen molar-refractivity contribution in [2.45, 2.75) is 32.1 Å². The van der Waals surface area contributed by atoms with E-state index in [1.807, 2.05) is 0 Å². The number of hydrogen-bond acceptors (Lipinski definition) is 8. The van der Waals surface area contributed by atoms with Gasteiger partial charge < -0.3 is 19.0 Å². The fourth-order valence-electron chi connectivity index (χ4n) is 3.34. The summed E-state index contributed by atoms with van der Waals surface area (Å²) >= 11 is 0. The van der Waals surface area contributed by atoms with Gasteiger partial charge in [0.05, 0.1) is 21.5 Å². The van der Waals surface area contributed by atoms with Crippen molar-refractivity contribution >= 4 is 33.5 Å². The number of fused-ring (bicyclic) bond motifs is 2. The van der Waals surface area contributed by atoms with Gasteiger partial charge in [-0.1, -0.05) is 19.3 Å². The smallest absolute Gasteiger partial charge is 0.346 e. The van der Waals surface area contributed by atoms with Crippen molar-refractivity contribution in [1.82, 2.24) is 0 Å². The number of benzene rings is 1. The zero-order chi connectivity index (χ0) is 20.6. The van der Waals surface area contributed by atoms with Gasteiger partial charge in [0, 0.05) is 0 Å². The van der Waals surface area contributed by atoms with Gasteiger partial charge in [0.1, 0.15) is 0 Å². The first-order chi connectivity index (χ1) is 13.2. The fraction of sp³-hybridized carbons (Fsp3) is 0.333. The molecule has 10 nitrogen and oxygen atoms in total. The predicted molar refractivity (Wildman–Crippen MR) is 94.2 cm³/mol. The Kier molecular flexibility index (Phi) is 4.72. The average Bonchev–Trinajstić information content (AvgIpc) is 3.10. The van der Waals surface area contributed by atoms with E-state index in [1.165, 1.54) is 0 Å². The highest BCUT2D eigenvalue weighted by atomic mass is 16.4. The molecule has 10 heteroatoms. The van der Waals surface area contributed by atoms with E-state index in [0.717, 1.165) is 18.6 Å². The van der Waals surface area contributed by atoms with Crippen LogP contribution < -0.4 is 22.5 Å². The van der Waals surface area contributed by atoms with E-state index in [0.29, 0.717) is 12.8 Å². The molecule has 0 spiro atoms. The van der Waals surface area contributed by atoms with Crippen LogP contribution in [0, 0.1) is 5.41 Å². The topological polar surface area (TPSA) is 169 Å². The summed E-state index contributed by atoms with van der Waals surface area (Å²) < 4.78 is 8.68. The van der Waals surface area contributed by atoms with Crippen molar-refractivity contribution in [1.29, 1.82) is 0 Å². The van der Waals surface area contributed by atoms with Gasteiger partial charge in [-0.3, -0.25) is 9.59 Å². The van der Waals surface area contributed by atoms with Gasteiger partial charge in [-0.25, -0.2) is 19.2 Å². The lowest BCUT2D eigenvalue weighted by molar-refractivity contribution is -0.167. The van der Waals surface area contributed by atoms with Crippen molar-refractivity contribution in [3.05, 3.63) is 53.8 Å². The van der Waals surface area contributed by atoms with E-state index in [1.54, 1.807) is 0 Å². The molecule has 1 fully saturated rings. The highest BCUT2D eigenvalue weighted by Crippen LogP contribution is 2.36. The number of carboxylic acid groups (broad SMARTS) is 2. The molecule has 1 aromatic carbocycles. The third-order valence-electron chi connectivity index (χ3n) is 4.93. The van der Waals surface area contributed by atoms with Gasteiger partial charge in [-0.15, -0.1) is 0 Å². The Bertz CT molecular complexity index is 1110. The highest BCUT2D eigenvalue weighted by Gasteiger charge is 2.46. The number of hydrogen-bond donors (Lipinski definition) is 2. The van der Waals surface area contributed by atoms with Crippen molar-refractivity contribution in [3.63, 3.8) is 0 Å². The molecule has 0 amide bonds. The van der Waals surface area contributed by atoms with Crippen LogP contribution >= 0.6 is 0 Å². The molecule has 0 atom stereocenters. The molecule has 2 N–H and O–H groups in total. The van der Waals surface area contributed by atoms with Crippen LogP contribution in [0.3, 0.4) is 0 Å². The maximum Gasteiger partial charge on any atom is 0.346 e. The minimum atomic E-state index is -1.49. The standard InChI is InChI=1S/C10H2O6.C8H12O4/c11-7-3-1-4-6(10(14)16-8(4)12)2-5(3)9(13)15-7;9-6(10)8(7(11)12)4-2-1-3-5-8/h1-2H;1-5H2,(H,9,10)(H,11,12). The number of rotatable bonds is 2. The van der Waals surface area contributed by atoms with Crippen molar-refractivity contribution < 1.29 is 28.6 Å². The lowest BCUT2D eigenvalue weighted by Gasteiger charge is -2.28. The molecule has 1 saturated carbocycles. The lowest BCUT2D eigenvalue weighted by atomic mass is 9.74. The molecule has 1 aliphatic rings. The maximum absolute atomic E-state index is 11.2. The number of carboxylic acids is 2. The third-order valence-corrected chi connectivity index (χ3v) is 4.93. The number of aliphatic carboxylic acids is 2. The molecule has 2 heterocycles. The summed E-state index contributed by atoms with van der Waals surface area (Å²) in [6.07, 6.45) is 2.91. The van der Waals surface area contributed by atoms with Gasteiger partial charge in [0.25, 0.3) is 0 Å². The molecule has 146 valence electrons. The summed E-state index contributed by atoms with van der Waals surface area (Å²) in [5, 5.41) is 17.5. The first-order valence-corrected chi connectivity index (χ1v) is 8.35. The van der Waals surface area contributed by atoms with Gasteiger partial charge >= 0.3 is 34.4 Å². The van der Waals surface area contributed by atoms with Crippen LogP contribution in [-0.2, 0) is 9.59 Å². The van der Waals surface area contributed by atoms with Crippen molar-refractivity contribution in [2.75, 3.05) is 0 Å². The molecule has 28 heavy (non-hydrogen) atoms. The average molecular weight is 390 g/mol. The summed E-state index contributed by atoms with van der Waals surface area (Å²) in [6.45, 7) is 0. The van der Waals surface area contributed by atoms with E-state index in [4.69, 9.17) is 10.2 Å². The molecular weight excluding hydrogens is 376 g/mol. The summed E-state index contributed by atoms with van der Waals surface area (Å²) in [6, 6.07) is 2.29. The van der Waals surface area contributed by atoms with Crippen LogP contribution in [0.5, 0.6) is 0 Å². The Balaban J connectivity index is 0.000000169. The molecule has 0 unspecified atom stereocenters. The predicted octanol–water partition coefficient (Wildman–Crippen LogP) is 0.601. The van der Waals surface area contributed by atoms with Gasteiger partial charge in [-0.2, -0.15) is 0 Å². The lowest BCUT2D eigenvalue weighted by Crippen LogP contribution is -2.40. The number of carbonyl (C=O) groups is 2. The molecule has 4 rings (SSSR count). The normalized spacial score (nSPS) is 15.9. The molecule has 1 aliphatic carbocycles. The Morgan fingerprint density at radius 2 is 1.00 bits per heavy atom. The minimum Gasteiger partial charge on any atom is -0.480 e. The Hall–Kier alpha value is -3.56. The Labute approximate surface area is 154 Å². The van der Waals surface area contributed by atoms with Gasteiger partial charge in [-0.05, 0) is 25.0 Å². The molecule has 0 bridgehead atoms. The zero-order valence-corrected chi connectivity index (χ0v) is 14.4. The minimum absolute atomic E-state index is 0.0181. The molecular formula is C18H14O10. The molecule has 0 aliphatic heterocycles. The fourth-order valence-corrected chi connectivity index (χ4v) is 3.34. The monoisotopic (exact) mass is 390 g/mol. The second-order valence-electron chi connectivity index (χ2n) is 6.55. The molecule has 3 aromatic rings. The summed E-state index contributed by atoms with van der Waals surface area (Å²) in [7, 11) is 0. The molecule has 0 radical (unpaired) electrons. The first kappa shape index (κ1) is 19.2. The zero-order valence-electron chi connectivity index (χ0n) is 14.4. The van der Waals surface area contributed by atoms with E-state index in [2.05, 4.69) is 8.83 Å². The summed E-state index contributed by atoms with van der Waals surface area (Å²) in [5.74, 6) is -2.37. The first-order valence-electron chi connectivity index (χ1n) is 8.35. The largest absolute Gasteiger partial charge is 0.480 e. The van der Waals surface area contributed by atoms with Crippen LogP contribution in [0.2, 0.25) is 0 Å². The van der Waals surface area contributed by atoms with Crippen LogP contribution in [0.1, 0.15) is 32.1 Å². The maximum atomic E-state index is 11.2. The van der Waals surface area contributed by atoms with Gasteiger partial charge in [0.2, 0.25) is 0 Å². The highest BCUT2D eigenvalue weighted by molar-refractivity contribution is 5.98. The second-order valence-corrected chi connectivity index (χ2v) is 6.55. The second kappa shape index (κ2) is 6.87. The van der Waals surface area contributed by atoms with Crippen LogP contribution in [0.4, 0.5) is 0 Å². The van der Waals surface area contributed by atoms with E-state index in [9.17, 15) is 28.8 Å². The van der Waals surface area contributed by atoms with Crippen molar-refractivity contribution in [2.24, 2.45) is 5.41 Å². The summed E-state index contributed by atoms with van der Waals surface area (Å²) in [5.41, 5.74) is -4.78. The SMILES string of the molecule is O=C(O)C1(C(=O)O)CCCCC1.O=c1oc(=O)c2cc3c(=O)oc(=O)c3cc12. The van der Waals surface area contributed by atoms with Crippen LogP contribution in [0.25, 0.3) is 21.5 Å². The molecule has 2 aromatic heterocycles. The quantitative estimate of drug-likeness (QED) is 0.591. The molecule has 0 saturated heterocycles.